The minimum atomic E-state index is 0.647. The second-order valence-electron chi connectivity index (χ2n) is 4.48. The number of rotatable bonds is 7. The van der Waals surface area contributed by atoms with Crippen LogP contribution >= 0.6 is 0 Å². The van der Waals surface area contributed by atoms with Gasteiger partial charge in [-0.1, -0.05) is 36.4 Å². The van der Waals surface area contributed by atoms with Gasteiger partial charge >= 0.3 is 0 Å². The smallest absolute Gasteiger partial charge is 0.160 e. The zero-order valence-corrected chi connectivity index (χ0v) is 12.0. The third kappa shape index (κ3) is 4.00. The average molecular weight is 272 g/mol. The number of ether oxygens (including phenoxy) is 3. The predicted octanol–water partition coefficient (Wildman–Crippen LogP) is 3.46. The Bertz CT molecular complexity index is 523. The molecule has 0 spiro atoms. The Labute approximate surface area is 120 Å². The van der Waals surface area contributed by atoms with E-state index in [-0.39, 0.29) is 0 Å². The van der Waals surface area contributed by atoms with Gasteiger partial charge < -0.3 is 14.2 Å². The lowest BCUT2D eigenvalue weighted by Gasteiger charge is -2.10. The zero-order chi connectivity index (χ0) is 14.2. The zero-order valence-electron chi connectivity index (χ0n) is 12.0. The average Bonchev–Trinajstić information content (AvgIpc) is 2.52. The van der Waals surface area contributed by atoms with Crippen molar-refractivity contribution in [3.63, 3.8) is 0 Å². The summed E-state index contributed by atoms with van der Waals surface area (Å²) >= 11 is 0. The van der Waals surface area contributed by atoms with Crippen molar-refractivity contribution in [2.45, 2.75) is 13.0 Å². The van der Waals surface area contributed by atoms with E-state index in [4.69, 9.17) is 14.2 Å². The van der Waals surface area contributed by atoms with Gasteiger partial charge in [0.1, 0.15) is 0 Å². The molecule has 0 unspecified atom stereocenters. The van der Waals surface area contributed by atoms with Crippen LogP contribution in [0.1, 0.15) is 11.1 Å². The molecule has 0 bridgehead atoms. The maximum atomic E-state index is 5.68. The third-order valence-corrected chi connectivity index (χ3v) is 3.09. The molecule has 2 rings (SSSR count). The summed E-state index contributed by atoms with van der Waals surface area (Å²) in [5.74, 6) is 1.51. The minimum absolute atomic E-state index is 0.647. The van der Waals surface area contributed by atoms with Gasteiger partial charge in [-0.2, -0.15) is 0 Å². The summed E-state index contributed by atoms with van der Waals surface area (Å²) in [6, 6.07) is 16.1. The highest BCUT2D eigenvalue weighted by molar-refractivity contribution is 5.42. The molecule has 2 aromatic carbocycles. The lowest BCUT2D eigenvalue weighted by molar-refractivity contribution is 0.124. The molecule has 2 aromatic rings. The van der Waals surface area contributed by atoms with Crippen LogP contribution in [0.25, 0.3) is 0 Å². The van der Waals surface area contributed by atoms with E-state index in [9.17, 15) is 0 Å². The van der Waals surface area contributed by atoms with Crippen molar-refractivity contribution in [3.8, 4) is 11.5 Å². The van der Waals surface area contributed by atoms with Crippen LogP contribution in [0.5, 0.6) is 11.5 Å². The molecule has 0 amide bonds. The van der Waals surface area contributed by atoms with Crippen LogP contribution < -0.4 is 9.47 Å². The summed E-state index contributed by atoms with van der Waals surface area (Å²) in [5.41, 5.74) is 2.37. The molecule has 0 heterocycles. The molecule has 3 heteroatoms. The summed E-state index contributed by atoms with van der Waals surface area (Å²) in [4.78, 5) is 0. The second kappa shape index (κ2) is 7.56. The molecule has 0 aliphatic heterocycles. The number of methoxy groups -OCH3 is 2. The van der Waals surface area contributed by atoms with Crippen molar-refractivity contribution in [2.75, 3.05) is 20.8 Å². The van der Waals surface area contributed by atoms with Crippen molar-refractivity contribution >= 4 is 0 Å². The number of hydrogen-bond donors (Lipinski definition) is 0. The molecule has 3 nitrogen and oxygen atoms in total. The highest BCUT2D eigenvalue weighted by atomic mass is 16.5. The molecule has 20 heavy (non-hydrogen) atoms. The van der Waals surface area contributed by atoms with E-state index in [1.807, 2.05) is 36.4 Å². The van der Waals surface area contributed by atoms with Crippen LogP contribution in [0, 0.1) is 0 Å². The van der Waals surface area contributed by atoms with Crippen LogP contribution in [-0.4, -0.2) is 20.8 Å². The van der Waals surface area contributed by atoms with Gasteiger partial charge in [-0.3, -0.25) is 0 Å². The molecule has 0 N–H and O–H groups in total. The van der Waals surface area contributed by atoms with Crippen LogP contribution in [0.2, 0.25) is 0 Å². The first kappa shape index (κ1) is 14.4. The largest absolute Gasteiger partial charge is 0.493 e. The quantitative estimate of drug-likeness (QED) is 0.722. The molecule has 0 fully saturated rings. The molecule has 0 aliphatic carbocycles. The summed E-state index contributed by atoms with van der Waals surface area (Å²) in [6.07, 6.45) is 0.854. The second-order valence-corrected chi connectivity index (χ2v) is 4.48. The van der Waals surface area contributed by atoms with Gasteiger partial charge in [0.2, 0.25) is 0 Å². The summed E-state index contributed by atoms with van der Waals surface area (Å²) in [6.45, 7) is 1.33. The maximum absolute atomic E-state index is 5.68. The monoisotopic (exact) mass is 272 g/mol. The molecule has 0 atom stereocenters. The Kier molecular flexibility index (Phi) is 5.44. The summed E-state index contributed by atoms with van der Waals surface area (Å²) in [5, 5.41) is 0. The predicted molar refractivity (Wildman–Crippen MR) is 79.3 cm³/mol. The minimum Gasteiger partial charge on any atom is -0.493 e. The molecule has 0 aromatic heterocycles. The van der Waals surface area contributed by atoms with E-state index in [1.165, 1.54) is 11.1 Å². The summed E-state index contributed by atoms with van der Waals surface area (Å²) < 4.78 is 16.2. The van der Waals surface area contributed by atoms with Gasteiger partial charge in [0.05, 0.1) is 27.4 Å². The standard InChI is InChI=1S/C17H20O3/c1-18-16-9-8-14(12-17(16)19-2)10-11-20-13-15-6-4-3-5-7-15/h3-9,12H,10-11,13H2,1-2H3. The van der Waals surface area contributed by atoms with E-state index < -0.39 is 0 Å². The lowest BCUT2D eigenvalue weighted by Crippen LogP contribution is -2.00. The van der Waals surface area contributed by atoms with E-state index >= 15 is 0 Å². The van der Waals surface area contributed by atoms with Crippen molar-refractivity contribution in [3.05, 3.63) is 59.7 Å². The normalized spacial score (nSPS) is 10.3. The Morgan fingerprint density at radius 3 is 2.25 bits per heavy atom. The van der Waals surface area contributed by atoms with Gasteiger partial charge in [0, 0.05) is 0 Å². The topological polar surface area (TPSA) is 27.7 Å². The van der Waals surface area contributed by atoms with Gasteiger partial charge in [0.15, 0.2) is 11.5 Å². The van der Waals surface area contributed by atoms with Crippen LogP contribution in [0.15, 0.2) is 48.5 Å². The van der Waals surface area contributed by atoms with Crippen molar-refractivity contribution in [1.29, 1.82) is 0 Å². The first-order valence-electron chi connectivity index (χ1n) is 6.66. The van der Waals surface area contributed by atoms with Crippen molar-refractivity contribution < 1.29 is 14.2 Å². The van der Waals surface area contributed by atoms with Crippen molar-refractivity contribution in [2.24, 2.45) is 0 Å². The maximum Gasteiger partial charge on any atom is 0.160 e. The number of hydrogen-bond acceptors (Lipinski definition) is 3. The van der Waals surface area contributed by atoms with E-state index in [1.54, 1.807) is 14.2 Å². The van der Waals surface area contributed by atoms with E-state index in [0.717, 1.165) is 17.9 Å². The van der Waals surface area contributed by atoms with Gasteiger partial charge in [-0.05, 0) is 29.7 Å². The first-order chi connectivity index (χ1) is 9.83. The number of benzene rings is 2. The highest BCUT2D eigenvalue weighted by Gasteiger charge is 2.04. The molecular weight excluding hydrogens is 252 g/mol. The SMILES string of the molecule is COc1ccc(CCOCc2ccccc2)cc1OC. The van der Waals surface area contributed by atoms with E-state index in [2.05, 4.69) is 12.1 Å². The molecule has 0 saturated heterocycles. The van der Waals surface area contributed by atoms with Gasteiger partial charge in [0.25, 0.3) is 0 Å². The molecule has 0 saturated carbocycles. The van der Waals surface area contributed by atoms with E-state index in [0.29, 0.717) is 13.2 Å². The fourth-order valence-corrected chi connectivity index (χ4v) is 1.99. The van der Waals surface area contributed by atoms with Gasteiger partial charge in [-0.15, -0.1) is 0 Å². The first-order valence-corrected chi connectivity index (χ1v) is 6.66. The molecule has 0 radical (unpaired) electrons. The fraction of sp³-hybridized carbons (Fsp3) is 0.294. The molecule has 0 aliphatic rings. The van der Waals surface area contributed by atoms with Crippen molar-refractivity contribution in [1.82, 2.24) is 0 Å². The lowest BCUT2D eigenvalue weighted by atomic mass is 10.1. The Morgan fingerprint density at radius 2 is 1.55 bits per heavy atom. The Morgan fingerprint density at radius 1 is 0.800 bits per heavy atom. The van der Waals surface area contributed by atoms with Crippen LogP contribution in [0.3, 0.4) is 0 Å². The Balaban J connectivity index is 1.82. The van der Waals surface area contributed by atoms with Crippen LogP contribution in [0.4, 0.5) is 0 Å². The third-order valence-electron chi connectivity index (χ3n) is 3.09. The van der Waals surface area contributed by atoms with Crippen LogP contribution in [-0.2, 0) is 17.8 Å². The fourth-order valence-electron chi connectivity index (χ4n) is 1.99. The van der Waals surface area contributed by atoms with Gasteiger partial charge in [-0.25, -0.2) is 0 Å². The molecule has 106 valence electrons. The molecular formula is C17H20O3. The highest BCUT2D eigenvalue weighted by Crippen LogP contribution is 2.27. The summed E-state index contributed by atoms with van der Waals surface area (Å²) in [7, 11) is 3.29. The Hall–Kier alpha value is -2.00.